The fourth-order valence-corrected chi connectivity index (χ4v) is 2.04. The average Bonchev–Trinajstić information content (AvgIpc) is 2.37. The maximum Gasteiger partial charge on any atom is 0.341 e. The third-order valence-electron chi connectivity index (χ3n) is 2.53. The van der Waals surface area contributed by atoms with Crippen LogP contribution in [0.5, 0.6) is 5.75 Å². The Morgan fingerprint density at radius 2 is 1.74 bits per heavy atom. The van der Waals surface area contributed by atoms with Crippen molar-refractivity contribution < 1.29 is 14.6 Å². The molecule has 1 N–H and O–H groups in total. The molecule has 0 fully saturated rings. The fourth-order valence-electron chi connectivity index (χ4n) is 1.60. The zero-order chi connectivity index (χ0) is 13.8. The average molecular weight is 297 g/mol. The summed E-state index contributed by atoms with van der Waals surface area (Å²) in [5, 5.41) is 9.82. The van der Waals surface area contributed by atoms with E-state index in [1.807, 2.05) is 18.2 Å². The van der Waals surface area contributed by atoms with Gasteiger partial charge in [-0.25, -0.2) is 4.79 Å². The third-order valence-corrected chi connectivity index (χ3v) is 3.21. The van der Waals surface area contributed by atoms with E-state index >= 15 is 0 Å². The van der Waals surface area contributed by atoms with Crippen LogP contribution in [0.1, 0.15) is 15.9 Å². The summed E-state index contributed by atoms with van der Waals surface area (Å²) in [7, 11) is 0. The zero-order valence-corrected chi connectivity index (χ0v) is 11.3. The molecule has 2 rings (SSSR count). The summed E-state index contributed by atoms with van der Waals surface area (Å²) in [4.78, 5) is 11.1. The Bertz CT molecular complexity index is 611. The Kier molecular flexibility index (Phi) is 4.30. The molecule has 0 aliphatic carbocycles. The Labute approximate surface area is 120 Å². The van der Waals surface area contributed by atoms with Crippen molar-refractivity contribution in [2.75, 3.05) is 0 Å². The molecule has 0 aromatic heterocycles. The SMILES string of the molecule is O=C(O)c1c(Cl)cccc1OCc1ccccc1Cl. The van der Waals surface area contributed by atoms with Gasteiger partial charge in [0.25, 0.3) is 0 Å². The van der Waals surface area contributed by atoms with Gasteiger partial charge in [0.1, 0.15) is 17.9 Å². The number of carboxylic acid groups (broad SMARTS) is 1. The smallest absolute Gasteiger partial charge is 0.341 e. The standard InChI is InChI=1S/C14H10Cl2O3/c15-10-5-2-1-4-9(10)8-19-12-7-3-6-11(16)13(12)14(17)18/h1-7H,8H2,(H,17,18). The van der Waals surface area contributed by atoms with E-state index in [0.29, 0.717) is 5.02 Å². The number of carbonyl (C=O) groups is 1. The maximum atomic E-state index is 11.1. The second-order valence-corrected chi connectivity index (χ2v) is 4.61. The van der Waals surface area contributed by atoms with Gasteiger partial charge < -0.3 is 9.84 Å². The van der Waals surface area contributed by atoms with Crippen LogP contribution in [0.25, 0.3) is 0 Å². The van der Waals surface area contributed by atoms with Crippen molar-refractivity contribution in [1.82, 2.24) is 0 Å². The molecule has 0 unspecified atom stereocenters. The number of halogens is 2. The summed E-state index contributed by atoms with van der Waals surface area (Å²) < 4.78 is 5.50. The van der Waals surface area contributed by atoms with Gasteiger partial charge in [0, 0.05) is 10.6 Å². The van der Waals surface area contributed by atoms with Gasteiger partial charge >= 0.3 is 5.97 Å². The lowest BCUT2D eigenvalue weighted by atomic mass is 10.2. The van der Waals surface area contributed by atoms with E-state index in [0.717, 1.165) is 5.56 Å². The highest BCUT2D eigenvalue weighted by atomic mass is 35.5. The number of carboxylic acids is 1. The van der Waals surface area contributed by atoms with Crippen molar-refractivity contribution in [3.05, 3.63) is 63.6 Å². The van der Waals surface area contributed by atoms with Crippen LogP contribution in [0, 0.1) is 0 Å². The molecule has 0 aliphatic heterocycles. The second kappa shape index (κ2) is 5.95. The van der Waals surface area contributed by atoms with E-state index in [9.17, 15) is 4.79 Å². The normalized spacial score (nSPS) is 10.2. The Balaban J connectivity index is 2.23. The first kappa shape index (κ1) is 13.7. The predicted octanol–water partition coefficient (Wildman–Crippen LogP) is 4.27. The summed E-state index contributed by atoms with van der Waals surface area (Å²) in [6.45, 7) is 0.181. The summed E-state index contributed by atoms with van der Waals surface area (Å²) in [6.07, 6.45) is 0. The number of aromatic carboxylic acids is 1. The maximum absolute atomic E-state index is 11.1. The lowest BCUT2D eigenvalue weighted by molar-refractivity contribution is 0.0692. The molecular formula is C14H10Cl2O3. The van der Waals surface area contributed by atoms with E-state index in [1.54, 1.807) is 18.2 Å². The number of rotatable bonds is 4. The molecule has 0 saturated heterocycles. The number of benzene rings is 2. The van der Waals surface area contributed by atoms with Crippen molar-refractivity contribution in [2.24, 2.45) is 0 Å². The Morgan fingerprint density at radius 1 is 1.05 bits per heavy atom. The summed E-state index contributed by atoms with van der Waals surface area (Å²) in [5.41, 5.74) is 0.733. The molecule has 2 aromatic rings. The summed E-state index contributed by atoms with van der Waals surface area (Å²) in [5.74, 6) is -0.903. The van der Waals surface area contributed by atoms with E-state index < -0.39 is 5.97 Å². The first-order valence-electron chi connectivity index (χ1n) is 5.47. The van der Waals surface area contributed by atoms with E-state index in [2.05, 4.69) is 0 Å². The molecule has 0 atom stereocenters. The topological polar surface area (TPSA) is 46.5 Å². The third kappa shape index (κ3) is 3.19. The van der Waals surface area contributed by atoms with Crippen LogP contribution in [0.2, 0.25) is 10.0 Å². The molecule has 5 heteroatoms. The van der Waals surface area contributed by atoms with Gasteiger partial charge in [-0.2, -0.15) is 0 Å². The van der Waals surface area contributed by atoms with Gasteiger partial charge in [0.05, 0.1) is 5.02 Å². The molecule has 2 aromatic carbocycles. The van der Waals surface area contributed by atoms with Crippen LogP contribution in [0.15, 0.2) is 42.5 Å². The monoisotopic (exact) mass is 296 g/mol. The Morgan fingerprint density at radius 3 is 2.42 bits per heavy atom. The number of ether oxygens (including phenoxy) is 1. The van der Waals surface area contributed by atoms with Crippen LogP contribution < -0.4 is 4.74 Å². The van der Waals surface area contributed by atoms with Crippen LogP contribution >= 0.6 is 23.2 Å². The predicted molar refractivity (Wildman–Crippen MR) is 74.2 cm³/mol. The van der Waals surface area contributed by atoms with Gasteiger partial charge in [-0.15, -0.1) is 0 Å². The first-order chi connectivity index (χ1) is 9.09. The quantitative estimate of drug-likeness (QED) is 0.916. The number of hydrogen-bond donors (Lipinski definition) is 1. The molecule has 0 aliphatic rings. The van der Waals surface area contributed by atoms with E-state index in [4.69, 9.17) is 33.0 Å². The lowest BCUT2D eigenvalue weighted by Gasteiger charge is -2.11. The molecule has 19 heavy (non-hydrogen) atoms. The van der Waals surface area contributed by atoms with Gasteiger partial charge in [0.15, 0.2) is 0 Å². The fraction of sp³-hybridized carbons (Fsp3) is 0.0714. The zero-order valence-electron chi connectivity index (χ0n) is 9.77. The summed E-state index contributed by atoms with van der Waals surface area (Å²) >= 11 is 11.9. The molecule has 0 saturated carbocycles. The largest absolute Gasteiger partial charge is 0.488 e. The minimum absolute atomic E-state index is 0.0452. The number of hydrogen-bond acceptors (Lipinski definition) is 2. The highest BCUT2D eigenvalue weighted by Crippen LogP contribution is 2.27. The summed E-state index contributed by atoms with van der Waals surface area (Å²) in [6, 6.07) is 11.9. The highest BCUT2D eigenvalue weighted by Gasteiger charge is 2.15. The van der Waals surface area contributed by atoms with Crippen LogP contribution in [0.4, 0.5) is 0 Å². The van der Waals surface area contributed by atoms with Gasteiger partial charge in [-0.3, -0.25) is 0 Å². The molecule has 98 valence electrons. The van der Waals surface area contributed by atoms with Crippen LogP contribution in [0.3, 0.4) is 0 Å². The minimum atomic E-state index is -1.13. The lowest BCUT2D eigenvalue weighted by Crippen LogP contribution is -2.04. The molecule has 0 spiro atoms. The second-order valence-electron chi connectivity index (χ2n) is 3.80. The minimum Gasteiger partial charge on any atom is -0.488 e. The van der Waals surface area contributed by atoms with Gasteiger partial charge in [-0.1, -0.05) is 47.5 Å². The van der Waals surface area contributed by atoms with E-state index in [-0.39, 0.29) is 22.9 Å². The van der Waals surface area contributed by atoms with Crippen LogP contribution in [-0.4, -0.2) is 11.1 Å². The van der Waals surface area contributed by atoms with Crippen molar-refractivity contribution in [3.8, 4) is 5.75 Å². The Hall–Kier alpha value is -1.71. The molecular weight excluding hydrogens is 287 g/mol. The molecule has 3 nitrogen and oxygen atoms in total. The van der Waals surface area contributed by atoms with Crippen molar-refractivity contribution >= 4 is 29.2 Å². The van der Waals surface area contributed by atoms with Crippen molar-refractivity contribution in [2.45, 2.75) is 6.61 Å². The van der Waals surface area contributed by atoms with Crippen LogP contribution in [-0.2, 0) is 6.61 Å². The highest BCUT2D eigenvalue weighted by molar-refractivity contribution is 6.33. The molecule has 0 amide bonds. The van der Waals surface area contributed by atoms with Gasteiger partial charge in [-0.05, 0) is 18.2 Å². The van der Waals surface area contributed by atoms with Crippen molar-refractivity contribution in [1.29, 1.82) is 0 Å². The van der Waals surface area contributed by atoms with Crippen molar-refractivity contribution in [3.63, 3.8) is 0 Å². The molecule has 0 radical (unpaired) electrons. The molecule has 0 heterocycles. The van der Waals surface area contributed by atoms with Gasteiger partial charge in [0.2, 0.25) is 0 Å². The molecule has 0 bridgehead atoms. The first-order valence-corrected chi connectivity index (χ1v) is 6.23. The van der Waals surface area contributed by atoms with E-state index in [1.165, 1.54) is 6.07 Å².